The molecule has 0 amide bonds. The Labute approximate surface area is 88.1 Å². The zero-order valence-corrected chi connectivity index (χ0v) is 9.02. The molecule has 74 valence electrons. The normalized spacial score (nSPS) is 13.4. The molecule has 0 bridgehead atoms. The van der Waals surface area contributed by atoms with Gasteiger partial charge in [0, 0.05) is 22.6 Å². The van der Waals surface area contributed by atoms with Crippen LogP contribution < -0.4 is 5.73 Å². The second-order valence-electron chi connectivity index (χ2n) is 3.72. The molecule has 1 aromatic heterocycles. The highest BCUT2D eigenvalue weighted by Gasteiger charge is 2.07. The minimum absolute atomic E-state index is 0.0128. The number of nitrogens with two attached hydrogens (primary N) is 1. The van der Waals surface area contributed by atoms with Gasteiger partial charge in [0.15, 0.2) is 0 Å². The topological polar surface area (TPSA) is 41.8 Å². The van der Waals surface area contributed by atoms with Gasteiger partial charge >= 0.3 is 0 Å². The van der Waals surface area contributed by atoms with Crippen molar-refractivity contribution in [3.8, 4) is 0 Å². The van der Waals surface area contributed by atoms with Gasteiger partial charge < -0.3 is 10.7 Å². The fourth-order valence-corrected chi connectivity index (χ4v) is 1.92. The highest BCUT2D eigenvalue weighted by Crippen LogP contribution is 2.27. The maximum Gasteiger partial charge on any atom is 0.0502 e. The minimum atomic E-state index is 0.0128. The Morgan fingerprint density at radius 3 is 2.71 bits per heavy atom. The SMILES string of the molecule is Cc1cc(Cl)c2cc(C(C)N)[nH]c2c1. The van der Waals surface area contributed by atoms with Crippen LogP contribution in [0.4, 0.5) is 0 Å². The monoisotopic (exact) mass is 208 g/mol. The van der Waals surface area contributed by atoms with Crippen LogP contribution in [0.1, 0.15) is 24.2 Å². The Morgan fingerprint density at radius 1 is 1.36 bits per heavy atom. The Balaban J connectivity index is 2.70. The lowest BCUT2D eigenvalue weighted by molar-refractivity contribution is 0.792. The van der Waals surface area contributed by atoms with Gasteiger partial charge in [0.2, 0.25) is 0 Å². The van der Waals surface area contributed by atoms with E-state index in [4.69, 9.17) is 17.3 Å². The molecule has 0 saturated heterocycles. The summed E-state index contributed by atoms with van der Waals surface area (Å²) in [6.45, 7) is 3.98. The van der Waals surface area contributed by atoms with E-state index in [-0.39, 0.29) is 6.04 Å². The molecule has 0 aliphatic rings. The maximum absolute atomic E-state index is 6.12. The Bertz CT molecular complexity index is 471. The summed E-state index contributed by atoms with van der Waals surface area (Å²) in [5, 5.41) is 1.83. The van der Waals surface area contributed by atoms with E-state index in [0.29, 0.717) is 0 Å². The van der Waals surface area contributed by atoms with Gasteiger partial charge in [-0.3, -0.25) is 0 Å². The summed E-state index contributed by atoms with van der Waals surface area (Å²) < 4.78 is 0. The molecule has 1 aromatic carbocycles. The van der Waals surface area contributed by atoms with E-state index < -0.39 is 0 Å². The minimum Gasteiger partial charge on any atom is -0.357 e. The number of aromatic amines is 1. The summed E-state index contributed by atoms with van der Waals surface area (Å²) in [6.07, 6.45) is 0. The first-order chi connectivity index (χ1) is 6.58. The number of aryl methyl sites for hydroxylation is 1. The summed E-state index contributed by atoms with van der Waals surface area (Å²) in [6, 6.07) is 6.07. The highest BCUT2D eigenvalue weighted by atomic mass is 35.5. The predicted octanol–water partition coefficient (Wildman–Crippen LogP) is 3.15. The third kappa shape index (κ3) is 1.51. The molecule has 14 heavy (non-hydrogen) atoms. The number of H-pyrrole nitrogens is 1. The molecule has 0 aliphatic heterocycles. The van der Waals surface area contributed by atoms with Gasteiger partial charge in [-0.05, 0) is 37.6 Å². The van der Waals surface area contributed by atoms with Crippen LogP contribution in [0.5, 0.6) is 0 Å². The van der Waals surface area contributed by atoms with E-state index in [1.165, 1.54) is 0 Å². The van der Waals surface area contributed by atoms with Crippen LogP contribution in [0.2, 0.25) is 5.02 Å². The first-order valence-electron chi connectivity index (χ1n) is 4.62. The molecule has 0 aliphatic carbocycles. The van der Waals surface area contributed by atoms with Crippen molar-refractivity contribution in [1.29, 1.82) is 0 Å². The molecule has 2 nitrogen and oxygen atoms in total. The van der Waals surface area contributed by atoms with Gasteiger partial charge in [0.25, 0.3) is 0 Å². The Kier molecular flexibility index (Phi) is 2.25. The van der Waals surface area contributed by atoms with Crippen LogP contribution in [0.25, 0.3) is 10.9 Å². The number of hydrogen-bond acceptors (Lipinski definition) is 1. The first-order valence-corrected chi connectivity index (χ1v) is 5.00. The second-order valence-corrected chi connectivity index (χ2v) is 4.13. The van der Waals surface area contributed by atoms with Crippen molar-refractivity contribution in [3.63, 3.8) is 0 Å². The van der Waals surface area contributed by atoms with Gasteiger partial charge in [-0.25, -0.2) is 0 Å². The Hall–Kier alpha value is -0.990. The number of hydrogen-bond donors (Lipinski definition) is 2. The lowest BCUT2D eigenvalue weighted by Gasteiger charge is -1.98. The van der Waals surface area contributed by atoms with Crippen molar-refractivity contribution < 1.29 is 0 Å². The number of rotatable bonds is 1. The van der Waals surface area contributed by atoms with Crippen LogP contribution in [0.3, 0.4) is 0 Å². The van der Waals surface area contributed by atoms with Gasteiger partial charge in [-0.1, -0.05) is 11.6 Å². The van der Waals surface area contributed by atoms with Crippen molar-refractivity contribution in [2.24, 2.45) is 5.73 Å². The van der Waals surface area contributed by atoms with E-state index in [1.54, 1.807) is 0 Å². The summed E-state index contributed by atoms with van der Waals surface area (Å²) in [7, 11) is 0. The molecule has 0 radical (unpaired) electrons. The summed E-state index contributed by atoms with van der Waals surface area (Å²) in [4.78, 5) is 3.27. The summed E-state index contributed by atoms with van der Waals surface area (Å²) >= 11 is 6.12. The molecule has 0 spiro atoms. The standard InChI is InChI=1S/C11H13ClN2/c1-6-3-9(12)8-5-10(7(2)13)14-11(8)4-6/h3-5,7,14H,13H2,1-2H3. The van der Waals surface area contributed by atoms with E-state index in [1.807, 2.05) is 26.0 Å². The average Bonchev–Trinajstić information content (AvgIpc) is 2.47. The molecule has 2 rings (SSSR count). The first kappa shape index (κ1) is 9.56. The van der Waals surface area contributed by atoms with Gasteiger partial charge in [0.05, 0.1) is 5.02 Å². The third-order valence-corrected chi connectivity index (χ3v) is 2.66. The fraction of sp³-hybridized carbons (Fsp3) is 0.273. The van der Waals surface area contributed by atoms with Crippen LogP contribution >= 0.6 is 11.6 Å². The summed E-state index contributed by atoms with van der Waals surface area (Å²) in [5.74, 6) is 0. The molecular formula is C11H13ClN2. The number of halogens is 1. The van der Waals surface area contributed by atoms with E-state index >= 15 is 0 Å². The molecule has 0 fully saturated rings. The Morgan fingerprint density at radius 2 is 2.07 bits per heavy atom. The fourth-order valence-electron chi connectivity index (χ4n) is 1.60. The van der Waals surface area contributed by atoms with Crippen LogP contribution in [0, 0.1) is 6.92 Å². The largest absolute Gasteiger partial charge is 0.357 e. The molecule has 3 heteroatoms. The molecule has 0 saturated carbocycles. The molecule has 3 N–H and O–H groups in total. The van der Waals surface area contributed by atoms with Crippen molar-refractivity contribution >= 4 is 22.5 Å². The summed E-state index contributed by atoms with van der Waals surface area (Å²) in [5.41, 5.74) is 9.02. The third-order valence-electron chi connectivity index (χ3n) is 2.34. The predicted molar refractivity (Wildman–Crippen MR) is 60.6 cm³/mol. The van der Waals surface area contributed by atoms with Crippen molar-refractivity contribution in [2.75, 3.05) is 0 Å². The van der Waals surface area contributed by atoms with Gasteiger partial charge in [0.1, 0.15) is 0 Å². The zero-order valence-electron chi connectivity index (χ0n) is 8.26. The van der Waals surface area contributed by atoms with E-state index in [9.17, 15) is 0 Å². The van der Waals surface area contributed by atoms with Crippen LogP contribution in [-0.4, -0.2) is 4.98 Å². The van der Waals surface area contributed by atoms with E-state index in [0.717, 1.165) is 27.2 Å². The van der Waals surface area contributed by atoms with Crippen molar-refractivity contribution in [1.82, 2.24) is 4.98 Å². The van der Waals surface area contributed by atoms with Gasteiger partial charge in [-0.15, -0.1) is 0 Å². The number of fused-ring (bicyclic) bond motifs is 1. The highest BCUT2D eigenvalue weighted by molar-refractivity contribution is 6.35. The molecule has 1 atom stereocenters. The average molecular weight is 209 g/mol. The maximum atomic E-state index is 6.12. The molecular weight excluding hydrogens is 196 g/mol. The van der Waals surface area contributed by atoms with Crippen molar-refractivity contribution in [2.45, 2.75) is 19.9 Å². The number of aromatic nitrogens is 1. The molecule has 1 unspecified atom stereocenters. The second kappa shape index (κ2) is 3.30. The lowest BCUT2D eigenvalue weighted by atomic mass is 10.2. The number of benzene rings is 1. The quantitative estimate of drug-likeness (QED) is 0.743. The molecule has 2 aromatic rings. The molecule has 1 heterocycles. The van der Waals surface area contributed by atoms with Gasteiger partial charge in [-0.2, -0.15) is 0 Å². The zero-order chi connectivity index (χ0) is 10.3. The smallest absolute Gasteiger partial charge is 0.0502 e. The van der Waals surface area contributed by atoms with Crippen molar-refractivity contribution in [3.05, 3.63) is 34.5 Å². The van der Waals surface area contributed by atoms with Crippen LogP contribution in [-0.2, 0) is 0 Å². The lowest BCUT2D eigenvalue weighted by Crippen LogP contribution is -2.04. The number of nitrogens with one attached hydrogen (secondary N) is 1. The van der Waals surface area contributed by atoms with E-state index in [2.05, 4.69) is 11.1 Å². The van der Waals surface area contributed by atoms with Crippen LogP contribution in [0.15, 0.2) is 18.2 Å².